The fraction of sp³-hybridized carbons (Fsp3) is 0.143. The highest BCUT2D eigenvalue weighted by molar-refractivity contribution is 5.64. The van der Waals surface area contributed by atoms with Crippen molar-refractivity contribution in [2.75, 3.05) is 6.61 Å². The molecule has 0 spiro atoms. The first-order valence-electron chi connectivity index (χ1n) is 5.33. The molecule has 1 atom stereocenters. The number of benzene rings is 2. The molecule has 0 aliphatic heterocycles. The molecule has 3 N–H and O–H groups in total. The van der Waals surface area contributed by atoms with Gasteiger partial charge in [-0.15, -0.1) is 0 Å². The van der Waals surface area contributed by atoms with Crippen LogP contribution in [0.15, 0.2) is 54.6 Å². The number of aliphatic hydroxyl groups excluding tert-OH is 1. The SMILES string of the molecule is N[C@H](CO)c1cccc(-c2ccccc2)c1. The van der Waals surface area contributed by atoms with Crippen LogP contribution in [0.4, 0.5) is 0 Å². The maximum atomic E-state index is 9.02. The summed E-state index contributed by atoms with van der Waals surface area (Å²) in [5, 5.41) is 9.02. The van der Waals surface area contributed by atoms with E-state index >= 15 is 0 Å². The van der Waals surface area contributed by atoms with Crippen LogP contribution in [0, 0.1) is 0 Å². The Bertz CT molecular complexity index is 453. The van der Waals surface area contributed by atoms with Crippen LogP contribution in [0.25, 0.3) is 11.1 Å². The van der Waals surface area contributed by atoms with Crippen LogP contribution in [0.2, 0.25) is 0 Å². The van der Waals surface area contributed by atoms with Crippen LogP contribution in [0.5, 0.6) is 0 Å². The van der Waals surface area contributed by atoms with Crippen molar-refractivity contribution in [3.05, 3.63) is 60.2 Å². The predicted molar refractivity (Wildman–Crippen MR) is 65.9 cm³/mol. The molecule has 2 nitrogen and oxygen atoms in total. The Balaban J connectivity index is 2.36. The van der Waals surface area contributed by atoms with Crippen molar-refractivity contribution in [3.63, 3.8) is 0 Å². The average Bonchev–Trinajstić information content (AvgIpc) is 2.39. The first-order valence-corrected chi connectivity index (χ1v) is 5.33. The molecular weight excluding hydrogens is 198 g/mol. The van der Waals surface area contributed by atoms with Gasteiger partial charge in [0, 0.05) is 0 Å². The summed E-state index contributed by atoms with van der Waals surface area (Å²) < 4.78 is 0. The van der Waals surface area contributed by atoms with E-state index in [-0.39, 0.29) is 12.6 Å². The summed E-state index contributed by atoms with van der Waals surface area (Å²) in [7, 11) is 0. The minimum atomic E-state index is -0.302. The van der Waals surface area contributed by atoms with Crippen LogP contribution in [-0.2, 0) is 0 Å². The van der Waals surface area contributed by atoms with Gasteiger partial charge in [0.25, 0.3) is 0 Å². The molecule has 2 heteroatoms. The van der Waals surface area contributed by atoms with Gasteiger partial charge in [-0.1, -0.05) is 48.5 Å². The smallest absolute Gasteiger partial charge is 0.0624 e. The van der Waals surface area contributed by atoms with Gasteiger partial charge in [-0.3, -0.25) is 0 Å². The molecule has 0 saturated carbocycles. The first-order chi connectivity index (χ1) is 7.81. The highest BCUT2D eigenvalue weighted by Gasteiger charge is 2.05. The quantitative estimate of drug-likeness (QED) is 0.822. The standard InChI is InChI=1S/C14H15NO/c15-14(10-16)13-8-4-7-12(9-13)11-5-2-1-3-6-11/h1-9,14,16H,10,15H2/t14-/m1/s1. The van der Waals surface area contributed by atoms with E-state index in [1.54, 1.807) is 0 Å². The van der Waals surface area contributed by atoms with Gasteiger partial charge >= 0.3 is 0 Å². The number of aliphatic hydroxyl groups is 1. The lowest BCUT2D eigenvalue weighted by Crippen LogP contribution is -2.14. The van der Waals surface area contributed by atoms with E-state index in [4.69, 9.17) is 10.8 Å². The molecule has 82 valence electrons. The Morgan fingerprint density at radius 3 is 2.31 bits per heavy atom. The fourth-order valence-corrected chi connectivity index (χ4v) is 1.68. The van der Waals surface area contributed by atoms with Crippen LogP contribution in [0.3, 0.4) is 0 Å². The molecule has 16 heavy (non-hydrogen) atoms. The summed E-state index contributed by atoms with van der Waals surface area (Å²) >= 11 is 0. The molecule has 0 bridgehead atoms. The molecule has 0 radical (unpaired) electrons. The van der Waals surface area contributed by atoms with E-state index < -0.39 is 0 Å². The van der Waals surface area contributed by atoms with Crippen molar-refractivity contribution < 1.29 is 5.11 Å². The Hall–Kier alpha value is -1.64. The minimum Gasteiger partial charge on any atom is -0.394 e. The average molecular weight is 213 g/mol. The summed E-state index contributed by atoms with van der Waals surface area (Å²) in [5.74, 6) is 0. The van der Waals surface area contributed by atoms with Crippen LogP contribution in [0.1, 0.15) is 11.6 Å². The monoisotopic (exact) mass is 213 g/mol. The van der Waals surface area contributed by atoms with Crippen molar-refractivity contribution in [2.45, 2.75) is 6.04 Å². The molecule has 0 amide bonds. The largest absolute Gasteiger partial charge is 0.394 e. The van der Waals surface area contributed by atoms with Crippen molar-refractivity contribution >= 4 is 0 Å². The molecule has 0 aromatic heterocycles. The maximum Gasteiger partial charge on any atom is 0.0624 e. The maximum absolute atomic E-state index is 9.02. The van der Waals surface area contributed by atoms with E-state index in [2.05, 4.69) is 12.1 Å². The zero-order valence-corrected chi connectivity index (χ0v) is 9.01. The molecule has 2 aromatic carbocycles. The summed E-state index contributed by atoms with van der Waals surface area (Å²) in [6, 6.07) is 17.8. The zero-order valence-electron chi connectivity index (χ0n) is 9.01. The predicted octanol–water partition coefficient (Wildman–Crippen LogP) is 2.35. The van der Waals surface area contributed by atoms with Gasteiger partial charge in [0.05, 0.1) is 12.6 Å². The lowest BCUT2D eigenvalue weighted by Gasteiger charge is -2.10. The number of hydrogen-bond acceptors (Lipinski definition) is 2. The summed E-state index contributed by atoms with van der Waals surface area (Å²) in [4.78, 5) is 0. The molecule has 0 aliphatic carbocycles. The highest BCUT2D eigenvalue weighted by atomic mass is 16.3. The van der Waals surface area contributed by atoms with Gasteiger partial charge in [0.2, 0.25) is 0 Å². The van der Waals surface area contributed by atoms with Gasteiger partial charge in [-0.05, 0) is 22.8 Å². The Morgan fingerprint density at radius 1 is 0.938 bits per heavy atom. The van der Waals surface area contributed by atoms with Crippen LogP contribution >= 0.6 is 0 Å². The normalized spacial score (nSPS) is 12.4. The second-order valence-corrected chi connectivity index (χ2v) is 3.78. The number of nitrogens with two attached hydrogens (primary N) is 1. The zero-order chi connectivity index (χ0) is 11.4. The van der Waals surface area contributed by atoms with E-state index in [1.807, 2.05) is 42.5 Å². The Morgan fingerprint density at radius 2 is 1.62 bits per heavy atom. The molecule has 0 heterocycles. The number of hydrogen-bond donors (Lipinski definition) is 2. The molecule has 0 fully saturated rings. The second kappa shape index (κ2) is 4.92. The van der Waals surface area contributed by atoms with Gasteiger partial charge in [-0.2, -0.15) is 0 Å². The summed E-state index contributed by atoms with van der Waals surface area (Å²) in [6.45, 7) is -0.0295. The second-order valence-electron chi connectivity index (χ2n) is 3.78. The van der Waals surface area contributed by atoms with Crippen molar-refractivity contribution in [1.29, 1.82) is 0 Å². The van der Waals surface area contributed by atoms with Crippen molar-refractivity contribution in [3.8, 4) is 11.1 Å². The van der Waals surface area contributed by atoms with E-state index in [9.17, 15) is 0 Å². The van der Waals surface area contributed by atoms with Crippen molar-refractivity contribution in [1.82, 2.24) is 0 Å². The van der Waals surface area contributed by atoms with Crippen molar-refractivity contribution in [2.24, 2.45) is 5.73 Å². The summed E-state index contributed by atoms with van der Waals surface area (Å²) in [5.41, 5.74) is 9.04. The van der Waals surface area contributed by atoms with Crippen LogP contribution in [-0.4, -0.2) is 11.7 Å². The third-order valence-corrected chi connectivity index (χ3v) is 2.62. The fourth-order valence-electron chi connectivity index (χ4n) is 1.68. The molecule has 0 saturated heterocycles. The van der Waals surface area contributed by atoms with E-state index in [1.165, 1.54) is 0 Å². The van der Waals surface area contributed by atoms with Gasteiger partial charge in [0.1, 0.15) is 0 Å². The van der Waals surface area contributed by atoms with Gasteiger partial charge in [0.15, 0.2) is 0 Å². The lowest BCUT2D eigenvalue weighted by molar-refractivity contribution is 0.268. The number of rotatable bonds is 3. The van der Waals surface area contributed by atoms with Crippen LogP contribution < -0.4 is 5.73 Å². The molecule has 2 aromatic rings. The first kappa shape index (κ1) is 10.9. The molecule has 0 aliphatic rings. The molecule has 2 rings (SSSR count). The molecule has 0 unspecified atom stereocenters. The Labute approximate surface area is 95.4 Å². The molecular formula is C14H15NO. The van der Waals surface area contributed by atoms with E-state index in [0.717, 1.165) is 16.7 Å². The lowest BCUT2D eigenvalue weighted by atomic mass is 10.0. The Kier molecular flexibility index (Phi) is 3.34. The topological polar surface area (TPSA) is 46.2 Å². The third kappa shape index (κ3) is 2.30. The van der Waals surface area contributed by atoms with Gasteiger partial charge in [-0.25, -0.2) is 0 Å². The third-order valence-electron chi connectivity index (χ3n) is 2.62. The van der Waals surface area contributed by atoms with E-state index in [0.29, 0.717) is 0 Å². The summed E-state index contributed by atoms with van der Waals surface area (Å²) in [6.07, 6.45) is 0. The highest BCUT2D eigenvalue weighted by Crippen LogP contribution is 2.22. The minimum absolute atomic E-state index is 0.0295. The van der Waals surface area contributed by atoms with Gasteiger partial charge < -0.3 is 10.8 Å².